The number of carbonyl (C=O) groups is 1. The zero-order valence-corrected chi connectivity index (χ0v) is 21.9. The molecule has 0 spiro atoms. The molecule has 0 aliphatic heterocycles. The first-order chi connectivity index (χ1) is 15.8. The summed E-state index contributed by atoms with van der Waals surface area (Å²) in [6, 6.07) is 0. The normalized spacial score (nSPS) is 45.1. The quantitative estimate of drug-likeness (QED) is 0.398. The molecular formula is C26H45NO6S. The van der Waals surface area contributed by atoms with Gasteiger partial charge in [0.05, 0.1) is 18.0 Å². The number of carbonyl (C=O) groups excluding carboxylic acids is 1. The van der Waals surface area contributed by atoms with E-state index in [0.717, 1.165) is 51.4 Å². The molecule has 0 aromatic carbocycles. The second kappa shape index (κ2) is 9.64. The fourth-order valence-corrected chi connectivity index (χ4v) is 9.50. The van der Waals surface area contributed by atoms with Gasteiger partial charge < -0.3 is 15.5 Å². The first-order valence-corrected chi connectivity index (χ1v) is 15.0. The Balaban J connectivity index is 1.39. The number of nitrogens with one attached hydrogen (secondary N) is 1. The summed E-state index contributed by atoms with van der Waals surface area (Å²) in [5, 5.41) is 24.2. The van der Waals surface area contributed by atoms with E-state index in [0.29, 0.717) is 41.9 Å². The van der Waals surface area contributed by atoms with Gasteiger partial charge in [-0.2, -0.15) is 8.42 Å². The number of aliphatic hydroxyl groups excluding tert-OH is 2. The second-order valence-electron chi connectivity index (χ2n) is 12.6. The van der Waals surface area contributed by atoms with Crippen LogP contribution in [0.25, 0.3) is 0 Å². The van der Waals surface area contributed by atoms with Crippen LogP contribution >= 0.6 is 0 Å². The first-order valence-electron chi connectivity index (χ1n) is 13.4. The number of hydrogen-bond acceptors (Lipinski definition) is 5. The van der Waals surface area contributed by atoms with Crippen LogP contribution in [0.1, 0.15) is 85.0 Å². The van der Waals surface area contributed by atoms with Gasteiger partial charge in [-0.25, -0.2) is 0 Å². The van der Waals surface area contributed by atoms with Crippen molar-refractivity contribution in [2.24, 2.45) is 46.3 Å². The van der Waals surface area contributed by atoms with Crippen molar-refractivity contribution in [3.63, 3.8) is 0 Å². The van der Waals surface area contributed by atoms with E-state index in [1.807, 2.05) is 0 Å². The molecule has 10 atom stereocenters. The summed E-state index contributed by atoms with van der Waals surface area (Å²) in [6.45, 7) is 7.05. The minimum Gasteiger partial charge on any atom is -0.393 e. The molecule has 4 aliphatic rings. The molecule has 0 aromatic rings. The van der Waals surface area contributed by atoms with Crippen molar-refractivity contribution in [3.05, 3.63) is 0 Å². The van der Waals surface area contributed by atoms with Crippen LogP contribution < -0.4 is 5.32 Å². The number of fused-ring (bicyclic) bond motifs is 5. The van der Waals surface area contributed by atoms with E-state index in [4.69, 9.17) is 4.55 Å². The summed E-state index contributed by atoms with van der Waals surface area (Å²) in [5.74, 6) is 2.10. The van der Waals surface area contributed by atoms with Crippen molar-refractivity contribution in [1.82, 2.24) is 5.32 Å². The van der Waals surface area contributed by atoms with E-state index in [9.17, 15) is 23.4 Å². The van der Waals surface area contributed by atoms with E-state index < -0.39 is 15.9 Å². The van der Waals surface area contributed by atoms with Gasteiger partial charge in [0, 0.05) is 13.0 Å². The van der Waals surface area contributed by atoms with Crippen molar-refractivity contribution in [3.8, 4) is 0 Å². The van der Waals surface area contributed by atoms with Gasteiger partial charge in [0.2, 0.25) is 5.91 Å². The van der Waals surface area contributed by atoms with Crippen LogP contribution in [-0.4, -0.2) is 53.6 Å². The number of hydrogen-bond donors (Lipinski definition) is 4. The highest BCUT2D eigenvalue weighted by atomic mass is 32.2. The van der Waals surface area contributed by atoms with Gasteiger partial charge in [0.1, 0.15) is 0 Å². The third kappa shape index (κ3) is 4.94. The molecule has 4 fully saturated rings. The lowest BCUT2D eigenvalue weighted by Gasteiger charge is -2.62. The van der Waals surface area contributed by atoms with Crippen LogP contribution in [0.5, 0.6) is 0 Å². The lowest BCUT2D eigenvalue weighted by molar-refractivity contribution is -0.174. The Labute approximate surface area is 205 Å². The lowest BCUT2D eigenvalue weighted by atomic mass is 9.43. The smallest absolute Gasteiger partial charge is 0.266 e. The zero-order chi connectivity index (χ0) is 24.9. The van der Waals surface area contributed by atoms with Gasteiger partial charge in [-0.3, -0.25) is 9.35 Å². The maximum absolute atomic E-state index is 12.2. The summed E-state index contributed by atoms with van der Waals surface area (Å²) in [5.41, 5.74) is 0.411. The maximum atomic E-state index is 12.2. The highest BCUT2D eigenvalue weighted by Crippen LogP contribution is 2.68. The Bertz CT molecular complexity index is 863. The minimum atomic E-state index is -4.06. The average molecular weight is 500 g/mol. The van der Waals surface area contributed by atoms with Gasteiger partial charge in [-0.15, -0.1) is 0 Å². The average Bonchev–Trinajstić information content (AvgIpc) is 3.09. The molecule has 34 heavy (non-hydrogen) atoms. The highest BCUT2D eigenvalue weighted by Gasteiger charge is 2.62. The molecular weight excluding hydrogens is 454 g/mol. The number of aliphatic hydroxyl groups is 2. The number of rotatable bonds is 7. The molecule has 0 saturated heterocycles. The Morgan fingerprint density at radius 2 is 1.71 bits per heavy atom. The molecule has 0 aromatic heterocycles. The van der Waals surface area contributed by atoms with E-state index in [2.05, 4.69) is 26.1 Å². The van der Waals surface area contributed by atoms with Crippen molar-refractivity contribution >= 4 is 16.0 Å². The third-order valence-corrected chi connectivity index (χ3v) is 11.6. The van der Waals surface area contributed by atoms with E-state index >= 15 is 0 Å². The molecule has 4 rings (SSSR count). The molecule has 4 aliphatic carbocycles. The van der Waals surface area contributed by atoms with E-state index in [1.54, 1.807) is 0 Å². The fraction of sp³-hybridized carbons (Fsp3) is 0.962. The van der Waals surface area contributed by atoms with Gasteiger partial charge in [0.15, 0.2) is 0 Å². The number of amides is 1. The predicted molar refractivity (Wildman–Crippen MR) is 130 cm³/mol. The summed E-state index contributed by atoms with van der Waals surface area (Å²) >= 11 is 0. The predicted octanol–water partition coefficient (Wildman–Crippen LogP) is 3.40. The third-order valence-electron chi connectivity index (χ3n) is 10.9. The zero-order valence-electron chi connectivity index (χ0n) is 21.1. The van der Waals surface area contributed by atoms with Crippen molar-refractivity contribution in [2.75, 3.05) is 12.3 Å². The molecule has 0 radical (unpaired) electrons. The fourth-order valence-electron chi connectivity index (χ4n) is 9.14. The molecule has 7 nitrogen and oxygen atoms in total. The highest BCUT2D eigenvalue weighted by molar-refractivity contribution is 7.85. The van der Waals surface area contributed by atoms with Gasteiger partial charge in [-0.05, 0) is 104 Å². The molecule has 0 bridgehead atoms. The molecule has 196 valence electrons. The lowest BCUT2D eigenvalue weighted by Crippen LogP contribution is -2.58. The maximum Gasteiger partial charge on any atom is 0.266 e. The molecule has 8 heteroatoms. The Morgan fingerprint density at radius 3 is 2.41 bits per heavy atom. The second-order valence-corrected chi connectivity index (χ2v) is 14.2. The standard InChI is InChI=1S/C26H45NO6S/c1-16(4-7-23(30)27-12-13-34(31,32)33)19-5-6-20-24-21(9-11-26(19,20)3)25(2)10-8-18(28)14-17(25)15-22(24)29/h16-22,24,28-29H,4-15H2,1-3H3,(H,27,30)(H,31,32,33)/t16-,17-,18-,19-,20-,21+,22+,24-,25+,26-/m1/s1. The SMILES string of the molecule is C[C@H](CCC(=O)NCCS(=O)(=O)O)[C@H]1CC[C@@H]2[C@H]3[C@@H](O)C[C@H]4C[C@H](O)CC[C@]4(C)[C@H]3CC[C@@]21C. The van der Waals surface area contributed by atoms with Crippen molar-refractivity contribution in [1.29, 1.82) is 0 Å². The van der Waals surface area contributed by atoms with Crippen LogP contribution in [0.3, 0.4) is 0 Å². The Kier molecular flexibility index (Phi) is 7.47. The summed E-state index contributed by atoms with van der Waals surface area (Å²) in [7, 11) is -4.06. The van der Waals surface area contributed by atoms with Crippen molar-refractivity contribution < 1.29 is 28.0 Å². The summed E-state index contributed by atoms with van der Waals surface area (Å²) < 4.78 is 30.5. The van der Waals surface area contributed by atoms with Crippen LogP contribution in [0, 0.1) is 46.3 Å². The summed E-state index contributed by atoms with van der Waals surface area (Å²) in [6.07, 6.45) is 8.87. The van der Waals surface area contributed by atoms with Crippen LogP contribution in [0.2, 0.25) is 0 Å². The van der Waals surface area contributed by atoms with Crippen LogP contribution in [0.15, 0.2) is 0 Å². The van der Waals surface area contributed by atoms with Gasteiger partial charge in [-0.1, -0.05) is 20.8 Å². The molecule has 1 amide bonds. The van der Waals surface area contributed by atoms with Gasteiger partial charge in [0.25, 0.3) is 10.1 Å². The van der Waals surface area contributed by atoms with E-state index in [1.165, 1.54) is 6.42 Å². The summed E-state index contributed by atoms with van der Waals surface area (Å²) in [4.78, 5) is 12.2. The Hall–Kier alpha value is -0.700. The minimum absolute atomic E-state index is 0.0625. The topological polar surface area (TPSA) is 124 Å². The van der Waals surface area contributed by atoms with E-state index in [-0.39, 0.29) is 35.5 Å². The van der Waals surface area contributed by atoms with Crippen molar-refractivity contribution in [2.45, 2.75) is 97.2 Å². The molecule has 4 N–H and O–H groups in total. The molecule has 0 heterocycles. The molecule has 0 unspecified atom stereocenters. The first kappa shape index (κ1) is 26.4. The van der Waals surface area contributed by atoms with Crippen LogP contribution in [-0.2, 0) is 14.9 Å². The van der Waals surface area contributed by atoms with Gasteiger partial charge >= 0.3 is 0 Å². The Morgan fingerprint density at radius 1 is 1.03 bits per heavy atom. The monoisotopic (exact) mass is 499 g/mol. The molecule has 4 saturated carbocycles. The van der Waals surface area contributed by atoms with Crippen LogP contribution in [0.4, 0.5) is 0 Å². The largest absolute Gasteiger partial charge is 0.393 e.